The second kappa shape index (κ2) is 4.42. The Hall–Kier alpha value is -0.386. The van der Waals surface area contributed by atoms with Gasteiger partial charge in [-0.3, -0.25) is 0 Å². The molecule has 1 saturated heterocycles. The molecule has 3 heteroatoms. The van der Waals surface area contributed by atoms with Gasteiger partial charge in [0.25, 0.3) is 0 Å². The zero-order valence-electron chi connectivity index (χ0n) is 8.83. The van der Waals surface area contributed by atoms with Gasteiger partial charge in [-0.2, -0.15) is 0 Å². The molecule has 14 heavy (non-hydrogen) atoms. The van der Waals surface area contributed by atoms with Gasteiger partial charge in [-0.25, -0.2) is 0 Å². The van der Waals surface area contributed by atoms with Crippen LogP contribution in [0.25, 0.3) is 0 Å². The Labute approximate surface area is 89.2 Å². The Kier molecular flexibility index (Phi) is 3.20. The van der Waals surface area contributed by atoms with E-state index in [0.29, 0.717) is 0 Å². The highest BCUT2D eigenvalue weighted by Crippen LogP contribution is 2.20. The summed E-state index contributed by atoms with van der Waals surface area (Å²) in [6, 6.07) is 14.0. The van der Waals surface area contributed by atoms with E-state index in [1.807, 2.05) is 0 Å². The van der Waals surface area contributed by atoms with Crippen molar-refractivity contribution in [2.75, 3.05) is 6.61 Å². The third-order valence-electron chi connectivity index (χ3n) is 3.39. The molecule has 1 fully saturated rings. The lowest BCUT2D eigenvalue weighted by molar-refractivity contribution is 0.334. The van der Waals surface area contributed by atoms with Gasteiger partial charge in [0.2, 0.25) is 0 Å². The lowest BCUT2D eigenvalue weighted by Crippen LogP contribution is -2.56. The molecule has 0 radical (unpaired) electrons. The summed E-state index contributed by atoms with van der Waals surface area (Å²) in [5.74, 6) is 0. The van der Waals surface area contributed by atoms with Crippen molar-refractivity contribution in [2.45, 2.75) is 25.4 Å². The Bertz CT molecular complexity index is 281. The summed E-state index contributed by atoms with van der Waals surface area (Å²) >= 11 is 0. The highest BCUT2D eigenvalue weighted by Gasteiger charge is 2.35. The zero-order chi connectivity index (χ0) is 9.86. The topological polar surface area (TPSA) is 9.23 Å². The van der Waals surface area contributed by atoms with Crippen LogP contribution in [0, 0.1) is 0 Å². The van der Waals surface area contributed by atoms with Crippen molar-refractivity contribution in [3.63, 3.8) is 0 Å². The minimum Gasteiger partial charge on any atom is -0.427 e. The van der Waals surface area contributed by atoms with Gasteiger partial charge in [-0.15, -0.1) is 0 Å². The second-order valence-electron chi connectivity index (χ2n) is 4.16. The van der Waals surface area contributed by atoms with Crippen LogP contribution < -0.4 is 5.19 Å². The largest absolute Gasteiger partial charge is 0.427 e. The van der Waals surface area contributed by atoms with E-state index in [1.165, 1.54) is 18.5 Å². The molecule has 0 aliphatic carbocycles. The van der Waals surface area contributed by atoms with E-state index < -0.39 is 7.59 Å². The third-order valence-corrected chi connectivity index (χ3v) is 14.7. The Morgan fingerprint density at radius 3 is 2.71 bits per heavy atom. The number of hydrogen-bond donors (Lipinski definition) is 0. The van der Waals surface area contributed by atoms with Gasteiger partial charge < -0.3 is 4.43 Å². The first kappa shape index (κ1) is 10.1. The molecule has 76 valence electrons. The van der Waals surface area contributed by atoms with Crippen molar-refractivity contribution in [1.29, 1.82) is 0 Å². The highest BCUT2D eigenvalue weighted by molar-refractivity contribution is 7.29. The fraction of sp³-hybridized carbons (Fsp3) is 0.455. The van der Waals surface area contributed by atoms with Gasteiger partial charge in [0, 0.05) is 6.61 Å². The molecule has 0 aromatic heterocycles. The summed E-state index contributed by atoms with van der Waals surface area (Å²) in [6.07, 6.45) is 1.29. The molecule has 1 aliphatic rings. The quantitative estimate of drug-likeness (QED) is 0.687. The monoisotopic (exact) mass is 222 g/mol. The van der Waals surface area contributed by atoms with Crippen LogP contribution in [0.5, 0.6) is 0 Å². The maximum Gasteiger partial charge on any atom is 0.156 e. The number of benzene rings is 1. The van der Waals surface area contributed by atoms with Crippen LogP contribution in [-0.4, -0.2) is 23.5 Å². The fourth-order valence-electron chi connectivity index (χ4n) is 2.35. The minimum atomic E-state index is -1.12. The molecule has 0 bridgehead atoms. The molecule has 0 spiro atoms. The maximum atomic E-state index is 5.83. The lowest BCUT2D eigenvalue weighted by atomic mass is 10.4. The van der Waals surface area contributed by atoms with Crippen LogP contribution in [0.3, 0.4) is 0 Å². The van der Waals surface area contributed by atoms with Crippen LogP contribution in [0.4, 0.5) is 0 Å². The summed E-state index contributed by atoms with van der Waals surface area (Å²) in [4.78, 5) is 0. The van der Waals surface area contributed by atoms with E-state index in [9.17, 15) is 0 Å². The van der Waals surface area contributed by atoms with Crippen LogP contribution in [-0.2, 0) is 4.43 Å². The second-order valence-corrected chi connectivity index (χ2v) is 14.1. The van der Waals surface area contributed by atoms with Crippen LogP contribution >= 0.6 is 0 Å². The first-order valence-electron chi connectivity index (χ1n) is 5.51. The molecule has 0 saturated carbocycles. The average Bonchev–Trinajstić information content (AvgIpc) is 2.31. The van der Waals surface area contributed by atoms with Crippen molar-refractivity contribution in [3.8, 4) is 0 Å². The predicted octanol–water partition coefficient (Wildman–Crippen LogP) is 1.36. The van der Waals surface area contributed by atoms with Crippen molar-refractivity contribution in [2.24, 2.45) is 0 Å². The predicted molar refractivity (Wildman–Crippen MR) is 66.2 cm³/mol. The van der Waals surface area contributed by atoms with Gasteiger partial charge in [0.15, 0.2) is 9.28 Å². The highest BCUT2D eigenvalue weighted by atomic mass is 29.2. The number of rotatable bonds is 2. The van der Waals surface area contributed by atoms with Crippen LogP contribution in [0.1, 0.15) is 13.3 Å². The summed E-state index contributed by atoms with van der Waals surface area (Å²) in [6.45, 7) is 3.40. The molecule has 1 heterocycles. The van der Waals surface area contributed by atoms with E-state index in [4.69, 9.17) is 4.43 Å². The van der Waals surface area contributed by atoms with Gasteiger partial charge in [-0.05, 0) is 6.42 Å². The van der Waals surface area contributed by atoms with Crippen LogP contribution in [0.15, 0.2) is 30.3 Å². The summed E-state index contributed by atoms with van der Waals surface area (Å²) in [7, 11) is -1.36. The Balaban J connectivity index is 2.27. The van der Waals surface area contributed by atoms with E-state index in [-0.39, 0.29) is 9.28 Å². The van der Waals surface area contributed by atoms with Crippen LogP contribution in [0.2, 0.25) is 12.1 Å². The molecular weight excluding hydrogens is 204 g/mol. The van der Waals surface area contributed by atoms with Gasteiger partial charge in [-0.1, -0.05) is 54.5 Å². The molecule has 1 unspecified atom stereocenters. The molecule has 1 atom stereocenters. The van der Waals surface area contributed by atoms with Gasteiger partial charge in [0.1, 0.15) is 7.59 Å². The van der Waals surface area contributed by atoms with Crippen molar-refractivity contribution < 1.29 is 4.43 Å². The van der Waals surface area contributed by atoms with Crippen molar-refractivity contribution >= 4 is 22.1 Å². The van der Waals surface area contributed by atoms with E-state index in [1.54, 1.807) is 5.19 Å². The first-order chi connectivity index (χ1) is 6.87. The fourth-order valence-corrected chi connectivity index (χ4v) is 11.0. The molecule has 1 nitrogen and oxygen atoms in total. The summed E-state index contributed by atoms with van der Waals surface area (Å²) < 4.78 is 5.83. The molecule has 0 amide bonds. The standard InChI is InChI=1S/C11H18OSi2/c1-2-14(10-6-9-12-13-14)11-7-4-3-5-8-11/h3-5,7-8H,2,6,9-10,13H2,1H3. The SMILES string of the molecule is CC[Si]1(c2ccccc2)CCCO[SiH2]1. The summed E-state index contributed by atoms with van der Waals surface area (Å²) in [5.41, 5.74) is 0. The molecule has 0 N–H and O–H groups in total. The van der Waals surface area contributed by atoms with E-state index in [0.717, 1.165) is 6.61 Å². The molecule has 1 aromatic carbocycles. The smallest absolute Gasteiger partial charge is 0.156 e. The maximum absolute atomic E-state index is 5.83. The Morgan fingerprint density at radius 1 is 1.36 bits per heavy atom. The van der Waals surface area contributed by atoms with E-state index >= 15 is 0 Å². The zero-order valence-corrected chi connectivity index (χ0v) is 11.2. The summed E-state index contributed by atoms with van der Waals surface area (Å²) in [5, 5.41) is 1.65. The first-order valence-corrected chi connectivity index (χ1v) is 10.8. The molecule has 1 aliphatic heterocycles. The third kappa shape index (κ3) is 1.85. The van der Waals surface area contributed by atoms with Gasteiger partial charge in [0.05, 0.1) is 0 Å². The van der Waals surface area contributed by atoms with Gasteiger partial charge >= 0.3 is 0 Å². The number of hydrogen-bond acceptors (Lipinski definition) is 1. The Morgan fingerprint density at radius 2 is 2.14 bits per heavy atom. The molecular formula is C11H18OSi2. The average molecular weight is 222 g/mol. The van der Waals surface area contributed by atoms with Crippen molar-refractivity contribution in [1.82, 2.24) is 0 Å². The van der Waals surface area contributed by atoms with E-state index in [2.05, 4.69) is 37.3 Å². The molecule has 2 rings (SSSR count). The van der Waals surface area contributed by atoms with Crippen molar-refractivity contribution in [3.05, 3.63) is 30.3 Å². The normalized spacial score (nSPS) is 29.2. The minimum absolute atomic E-state index is 0.244. The molecule has 1 aromatic rings. The lowest BCUT2D eigenvalue weighted by Gasteiger charge is -2.34.